The monoisotopic (exact) mass is 359 g/mol. The smallest absolute Gasteiger partial charge is 0.248 e. The Morgan fingerprint density at radius 3 is 1.86 bits per heavy atom. The van der Waals surface area contributed by atoms with Crippen LogP contribution in [0, 0.1) is 0 Å². The molecule has 21 heavy (non-hydrogen) atoms. The van der Waals surface area contributed by atoms with Gasteiger partial charge in [-0.3, -0.25) is 4.79 Å². The van der Waals surface area contributed by atoms with Gasteiger partial charge in [-0.2, -0.15) is 0 Å². The van der Waals surface area contributed by atoms with Gasteiger partial charge in [-0.25, -0.2) is 0 Å². The molecule has 0 atom stereocenters. The highest BCUT2D eigenvalue weighted by Gasteiger charge is 2.08. The summed E-state index contributed by atoms with van der Waals surface area (Å²) in [5.41, 5.74) is 0.932. The third kappa shape index (κ3) is 4.14. The number of carbonyl (C=O) groups is 1. The Bertz CT molecular complexity index is 672. The zero-order chi connectivity index (χ0) is 15.4. The largest absolute Gasteiger partial charge is 0.320 e. The Labute approximate surface area is 142 Å². The van der Waals surface area contributed by atoms with Crippen LogP contribution in [0.25, 0.3) is 6.08 Å². The first kappa shape index (κ1) is 16.2. The van der Waals surface area contributed by atoms with Crippen molar-refractivity contribution in [3.63, 3.8) is 0 Å². The molecule has 0 fully saturated rings. The summed E-state index contributed by atoms with van der Waals surface area (Å²) in [5, 5.41) is 4.26. The molecule has 0 bridgehead atoms. The van der Waals surface area contributed by atoms with Gasteiger partial charge < -0.3 is 5.32 Å². The first-order chi connectivity index (χ1) is 9.99. The Hall–Kier alpha value is -1.19. The number of nitrogens with one attached hydrogen (secondary N) is 1. The van der Waals surface area contributed by atoms with E-state index >= 15 is 0 Å². The zero-order valence-electron chi connectivity index (χ0n) is 10.5. The molecule has 2 aromatic rings. The van der Waals surface area contributed by atoms with Crippen LogP contribution in [0.15, 0.2) is 42.5 Å². The summed E-state index contributed by atoms with van der Waals surface area (Å²) < 4.78 is 0. The summed E-state index contributed by atoms with van der Waals surface area (Å²) in [6.07, 6.45) is 2.84. The molecule has 2 rings (SSSR count). The number of amides is 1. The number of rotatable bonds is 3. The van der Waals surface area contributed by atoms with Crippen LogP contribution in [0.4, 0.5) is 5.69 Å². The Morgan fingerprint density at radius 2 is 1.33 bits per heavy atom. The van der Waals surface area contributed by atoms with E-state index in [1.807, 2.05) is 0 Å². The van der Waals surface area contributed by atoms with E-state index in [1.54, 1.807) is 36.4 Å². The van der Waals surface area contributed by atoms with E-state index < -0.39 is 0 Å². The lowest BCUT2D eigenvalue weighted by Crippen LogP contribution is -2.08. The number of benzene rings is 2. The van der Waals surface area contributed by atoms with Crippen LogP contribution in [0.5, 0.6) is 0 Å². The third-order valence-electron chi connectivity index (χ3n) is 2.61. The average Bonchev–Trinajstić information content (AvgIpc) is 2.42. The number of halogens is 4. The van der Waals surface area contributed by atoms with Gasteiger partial charge in [0.2, 0.25) is 5.91 Å². The molecule has 0 spiro atoms. The molecule has 1 amide bonds. The summed E-state index contributed by atoms with van der Waals surface area (Å²) in [6, 6.07) is 10.1. The molecule has 2 aromatic carbocycles. The molecule has 0 unspecified atom stereocenters. The minimum absolute atomic E-state index is 0.361. The van der Waals surface area contributed by atoms with Crippen molar-refractivity contribution < 1.29 is 4.79 Å². The molecule has 1 N–H and O–H groups in total. The molecule has 0 radical (unpaired) electrons. The van der Waals surface area contributed by atoms with Crippen LogP contribution in [0.2, 0.25) is 20.1 Å². The molecule has 0 aliphatic heterocycles. The van der Waals surface area contributed by atoms with Gasteiger partial charge in [0.05, 0.1) is 15.7 Å². The topological polar surface area (TPSA) is 29.1 Å². The molecular weight excluding hydrogens is 352 g/mol. The summed E-state index contributed by atoms with van der Waals surface area (Å²) in [4.78, 5) is 11.9. The number of anilines is 1. The molecule has 0 aromatic heterocycles. The summed E-state index contributed by atoms with van der Waals surface area (Å²) in [7, 11) is 0. The minimum Gasteiger partial charge on any atom is -0.320 e. The lowest BCUT2D eigenvalue weighted by atomic mass is 10.2. The van der Waals surface area contributed by atoms with Crippen molar-refractivity contribution in [2.75, 3.05) is 5.32 Å². The maximum atomic E-state index is 11.9. The van der Waals surface area contributed by atoms with Crippen LogP contribution in [0.3, 0.4) is 0 Å². The molecule has 0 saturated heterocycles. The van der Waals surface area contributed by atoms with Crippen LogP contribution >= 0.6 is 46.4 Å². The summed E-state index contributed by atoms with van der Waals surface area (Å²) in [5.74, 6) is -0.388. The molecule has 0 saturated carbocycles. The van der Waals surface area contributed by atoms with Crippen molar-refractivity contribution >= 4 is 64.1 Å². The molecule has 0 aliphatic carbocycles. The van der Waals surface area contributed by atoms with Crippen molar-refractivity contribution in [1.29, 1.82) is 0 Å². The van der Waals surface area contributed by atoms with E-state index in [1.165, 1.54) is 12.2 Å². The third-order valence-corrected chi connectivity index (χ3v) is 3.90. The normalized spacial score (nSPS) is 10.9. The molecule has 6 heteroatoms. The second-order valence-electron chi connectivity index (χ2n) is 4.05. The van der Waals surface area contributed by atoms with Crippen molar-refractivity contribution in [2.24, 2.45) is 0 Å². The lowest BCUT2D eigenvalue weighted by molar-refractivity contribution is -0.111. The Balaban J connectivity index is 2.17. The molecule has 108 valence electrons. The predicted molar refractivity (Wildman–Crippen MR) is 90.6 cm³/mol. The second-order valence-corrected chi connectivity index (χ2v) is 5.68. The van der Waals surface area contributed by atoms with Crippen LogP contribution in [-0.4, -0.2) is 5.91 Å². The zero-order valence-corrected chi connectivity index (χ0v) is 13.6. The fraction of sp³-hybridized carbons (Fsp3) is 0. The van der Waals surface area contributed by atoms with Gasteiger partial charge in [-0.05, 0) is 30.3 Å². The van der Waals surface area contributed by atoms with Gasteiger partial charge >= 0.3 is 0 Å². The van der Waals surface area contributed by atoms with Gasteiger partial charge in [-0.1, -0.05) is 58.5 Å². The first-order valence-corrected chi connectivity index (χ1v) is 7.37. The van der Waals surface area contributed by atoms with E-state index in [4.69, 9.17) is 46.4 Å². The van der Waals surface area contributed by atoms with E-state index in [0.29, 0.717) is 31.3 Å². The minimum atomic E-state index is -0.388. The highest BCUT2D eigenvalue weighted by Crippen LogP contribution is 2.30. The highest BCUT2D eigenvalue weighted by molar-refractivity contribution is 6.40. The van der Waals surface area contributed by atoms with Gasteiger partial charge in [0.25, 0.3) is 0 Å². The van der Waals surface area contributed by atoms with Crippen molar-refractivity contribution in [3.05, 3.63) is 68.1 Å². The number of hydrogen-bond acceptors (Lipinski definition) is 1. The first-order valence-electron chi connectivity index (χ1n) is 5.86. The van der Waals surface area contributed by atoms with Crippen LogP contribution in [0.1, 0.15) is 5.56 Å². The molecule has 0 aliphatic rings. The number of hydrogen-bond donors (Lipinski definition) is 1. The Kier molecular flexibility index (Phi) is 5.54. The van der Waals surface area contributed by atoms with Crippen molar-refractivity contribution in [1.82, 2.24) is 0 Å². The molecule has 2 nitrogen and oxygen atoms in total. The lowest BCUT2D eigenvalue weighted by Gasteiger charge is -2.07. The fourth-order valence-corrected chi connectivity index (χ4v) is 2.63. The maximum Gasteiger partial charge on any atom is 0.248 e. The standard InChI is InChI=1S/C15H9Cl4NO/c16-10-3-1-4-11(17)9(10)7-8-14(21)20-15-12(18)5-2-6-13(15)19/h1-8H,(H,20,21)/b8-7+. The number of carbonyl (C=O) groups excluding carboxylic acids is 1. The summed E-state index contributed by atoms with van der Waals surface area (Å²) >= 11 is 24.0. The fourth-order valence-electron chi connectivity index (χ4n) is 1.61. The van der Waals surface area contributed by atoms with Gasteiger partial charge in [0.1, 0.15) is 0 Å². The molecular formula is C15H9Cl4NO. The van der Waals surface area contributed by atoms with Gasteiger partial charge in [-0.15, -0.1) is 0 Å². The van der Waals surface area contributed by atoms with Crippen molar-refractivity contribution in [3.8, 4) is 0 Å². The average molecular weight is 361 g/mol. The summed E-state index contributed by atoms with van der Waals surface area (Å²) in [6.45, 7) is 0. The van der Waals surface area contributed by atoms with Gasteiger partial charge in [0, 0.05) is 21.7 Å². The van der Waals surface area contributed by atoms with Crippen molar-refractivity contribution in [2.45, 2.75) is 0 Å². The van der Waals surface area contributed by atoms with Gasteiger partial charge in [0.15, 0.2) is 0 Å². The maximum absolute atomic E-state index is 11.9. The van der Waals surface area contributed by atoms with E-state index in [0.717, 1.165) is 0 Å². The van der Waals surface area contributed by atoms with Crippen LogP contribution in [-0.2, 0) is 4.79 Å². The predicted octanol–water partition coefficient (Wildman–Crippen LogP) is 5.95. The number of para-hydroxylation sites is 1. The van der Waals surface area contributed by atoms with E-state index in [9.17, 15) is 4.79 Å². The second kappa shape index (κ2) is 7.19. The van der Waals surface area contributed by atoms with E-state index in [-0.39, 0.29) is 5.91 Å². The Morgan fingerprint density at radius 1 is 0.857 bits per heavy atom. The highest BCUT2D eigenvalue weighted by atomic mass is 35.5. The quantitative estimate of drug-likeness (QED) is 0.673. The van der Waals surface area contributed by atoms with E-state index in [2.05, 4.69) is 5.32 Å². The van der Waals surface area contributed by atoms with Crippen LogP contribution < -0.4 is 5.32 Å². The SMILES string of the molecule is O=C(/C=C/c1c(Cl)cccc1Cl)Nc1c(Cl)cccc1Cl. The molecule has 0 heterocycles.